The molecule has 0 radical (unpaired) electrons. The Morgan fingerprint density at radius 1 is 1.43 bits per heavy atom. The largest absolute Gasteiger partial charge is 0.444 e. The van der Waals surface area contributed by atoms with Crippen LogP contribution in [0.1, 0.15) is 32.6 Å². The SMILES string of the molecule is C[C@@H](CN(C)C(=O)Cc1cccs1)NC(=O)OC(C)(C)C. The Kier molecular flexibility index (Phi) is 6.20. The van der Waals surface area contributed by atoms with Crippen LogP contribution in [-0.2, 0) is 16.0 Å². The Balaban J connectivity index is 2.37. The second-order valence-electron chi connectivity index (χ2n) is 6.08. The summed E-state index contributed by atoms with van der Waals surface area (Å²) in [5.41, 5.74) is -0.523. The minimum atomic E-state index is -0.523. The van der Waals surface area contributed by atoms with Crippen LogP contribution in [0.4, 0.5) is 4.79 Å². The van der Waals surface area contributed by atoms with Crippen LogP contribution in [0.15, 0.2) is 17.5 Å². The molecule has 2 amide bonds. The van der Waals surface area contributed by atoms with Gasteiger partial charge in [0, 0.05) is 24.5 Å². The molecule has 1 aromatic heterocycles. The van der Waals surface area contributed by atoms with Crippen molar-refractivity contribution >= 4 is 23.3 Å². The summed E-state index contributed by atoms with van der Waals surface area (Å²) in [7, 11) is 1.74. The van der Waals surface area contributed by atoms with Gasteiger partial charge in [-0.05, 0) is 39.1 Å². The van der Waals surface area contributed by atoms with E-state index in [0.29, 0.717) is 13.0 Å². The monoisotopic (exact) mass is 312 g/mol. The third kappa shape index (κ3) is 7.13. The highest BCUT2D eigenvalue weighted by molar-refractivity contribution is 7.10. The van der Waals surface area contributed by atoms with Gasteiger partial charge < -0.3 is 15.0 Å². The van der Waals surface area contributed by atoms with Crippen molar-refractivity contribution in [3.05, 3.63) is 22.4 Å². The molecule has 118 valence electrons. The van der Waals surface area contributed by atoms with Crippen LogP contribution in [0, 0.1) is 0 Å². The lowest BCUT2D eigenvalue weighted by molar-refractivity contribution is -0.129. The smallest absolute Gasteiger partial charge is 0.407 e. The van der Waals surface area contributed by atoms with Gasteiger partial charge >= 0.3 is 6.09 Å². The average molecular weight is 312 g/mol. The van der Waals surface area contributed by atoms with Crippen LogP contribution in [-0.4, -0.2) is 42.1 Å². The van der Waals surface area contributed by atoms with Crippen molar-refractivity contribution in [3.8, 4) is 0 Å². The van der Waals surface area contributed by atoms with Crippen molar-refractivity contribution in [2.45, 2.75) is 45.8 Å². The quantitative estimate of drug-likeness (QED) is 0.909. The highest BCUT2D eigenvalue weighted by Gasteiger charge is 2.19. The molecule has 6 heteroatoms. The normalized spacial score (nSPS) is 12.6. The van der Waals surface area contributed by atoms with E-state index in [1.54, 1.807) is 23.3 Å². The van der Waals surface area contributed by atoms with Gasteiger partial charge in [0.05, 0.1) is 6.42 Å². The van der Waals surface area contributed by atoms with Crippen LogP contribution in [0.5, 0.6) is 0 Å². The minimum Gasteiger partial charge on any atom is -0.444 e. The fourth-order valence-electron chi connectivity index (χ4n) is 1.76. The predicted octanol–water partition coefficient (Wildman–Crippen LogP) is 2.66. The fourth-order valence-corrected chi connectivity index (χ4v) is 2.46. The molecule has 0 unspecified atom stereocenters. The second kappa shape index (κ2) is 7.45. The Morgan fingerprint density at radius 2 is 2.10 bits per heavy atom. The molecule has 1 aromatic rings. The zero-order valence-electron chi connectivity index (χ0n) is 13.3. The van der Waals surface area contributed by atoms with E-state index in [0.717, 1.165) is 4.88 Å². The van der Waals surface area contributed by atoms with Crippen molar-refractivity contribution in [1.82, 2.24) is 10.2 Å². The van der Waals surface area contributed by atoms with Crippen molar-refractivity contribution in [1.29, 1.82) is 0 Å². The molecular weight excluding hydrogens is 288 g/mol. The maximum absolute atomic E-state index is 12.0. The summed E-state index contributed by atoms with van der Waals surface area (Å²) in [5, 5.41) is 4.68. The Hall–Kier alpha value is -1.56. The third-order valence-corrected chi connectivity index (χ3v) is 3.52. The molecule has 0 aliphatic carbocycles. The van der Waals surface area contributed by atoms with Crippen molar-refractivity contribution in [2.75, 3.05) is 13.6 Å². The number of rotatable bonds is 5. The van der Waals surface area contributed by atoms with Crippen LogP contribution >= 0.6 is 11.3 Å². The third-order valence-electron chi connectivity index (χ3n) is 2.64. The van der Waals surface area contributed by atoms with E-state index in [9.17, 15) is 9.59 Å². The molecule has 1 atom stereocenters. The lowest BCUT2D eigenvalue weighted by atomic mass is 10.2. The second-order valence-corrected chi connectivity index (χ2v) is 7.11. The number of carbonyl (C=O) groups is 2. The van der Waals surface area contributed by atoms with Gasteiger partial charge in [0.1, 0.15) is 5.60 Å². The van der Waals surface area contributed by atoms with Crippen LogP contribution < -0.4 is 5.32 Å². The van der Waals surface area contributed by atoms with E-state index >= 15 is 0 Å². The summed E-state index contributed by atoms with van der Waals surface area (Å²) < 4.78 is 5.18. The molecule has 0 bridgehead atoms. The Morgan fingerprint density at radius 3 is 2.62 bits per heavy atom. The molecule has 0 aromatic carbocycles. The summed E-state index contributed by atoms with van der Waals surface area (Å²) in [6.07, 6.45) is -0.0676. The van der Waals surface area contributed by atoms with Gasteiger partial charge in [-0.15, -0.1) is 11.3 Å². The number of amides is 2. The maximum atomic E-state index is 12.0. The fraction of sp³-hybridized carbons (Fsp3) is 0.600. The molecule has 0 aliphatic heterocycles. The standard InChI is InChI=1S/C15H24N2O3S/c1-11(16-14(19)20-15(2,3)4)10-17(5)13(18)9-12-7-6-8-21-12/h6-8,11H,9-10H2,1-5H3,(H,16,19)/t11-/m0/s1. The number of hydrogen-bond acceptors (Lipinski definition) is 4. The van der Waals surface area contributed by atoms with Crippen molar-refractivity contribution in [3.63, 3.8) is 0 Å². The molecule has 0 spiro atoms. The first-order valence-corrected chi connectivity index (χ1v) is 7.81. The number of ether oxygens (including phenoxy) is 1. The summed E-state index contributed by atoms with van der Waals surface area (Å²) >= 11 is 1.57. The first-order valence-electron chi connectivity index (χ1n) is 6.93. The van der Waals surface area contributed by atoms with E-state index < -0.39 is 11.7 Å². The predicted molar refractivity (Wildman–Crippen MR) is 84.5 cm³/mol. The maximum Gasteiger partial charge on any atom is 0.407 e. The van der Waals surface area contributed by atoms with Crippen molar-refractivity contribution in [2.24, 2.45) is 0 Å². The molecular formula is C15H24N2O3S. The first kappa shape index (κ1) is 17.5. The van der Waals surface area contributed by atoms with Gasteiger partial charge in [-0.2, -0.15) is 0 Å². The van der Waals surface area contributed by atoms with Gasteiger partial charge in [0.15, 0.2) is 0 Å². The molecule has 0 fully saturated rings. The van der Waals surface area contributed by atoms with Gasteiger partial charge in [0.25, 0.3) is 0 Å². The van der Waals surface area contributed by atoms with E-state index in [4.69, 9.17) is 4.74 Å². The van der Waals surface area contributed by atoms with Gasteiger partial charge in [-0.25, -0.2) is 4.79 Å². The van der Waals surface area contributed by atoms with E-state index in [2.05, 4.69) is 5.32 Å². The molecule has 0 aliphatic rings. The molecule has 5 nitrogen and oxygen atoms in total. The first-order chi connectivity index (χ1) is 9.67. The van der Waals surface area contributed by atoms with Crippen LogP contribution in [0.25, 0.3) is 0 Å². The van der Waals surface area contributed by atoms with E-state index in [1.165, 1.54) is 0 Å². The number of carbonyl (C=O) groups excluding carboxylic acids is 2. The van der Waals surface area contributed by atoms with Crippen LogP contribution in [0.2, 0.25) is 0 Å². The number of likely N-dealkylation sites (N-methyl/N-ethyl adjacent to an activating group) is 1. The highest BCUT2D eigenvalue weighted by atomic mass is 32.1. The highest BCUT2D eigenvalue weighted by Crippen LogP contribution is 2.10. The number of nitrogens with zero attached hydrogens (tertiary/aromatic N) is 1. The summed E-state index contributed by atoms with van der Waals surface area (Å²) in [5.74, 6) is 0.0373. The van der Waals surface area contributed by atoms with Crippen molar-refractivity contribution < 1.29 is 14.3 Å². The number of hydrogen-bond donors (Lipinski definition) is 1. The number of nitrogens with one attached hydrogen (secondary N) is 1. The average Bonchev–Trinajstić information content (AvgIpc) is 2.78. The molecule has 0 saturated heterocycles. The lowest BCUT2D eigenvalue weighted by Crippen LogP contribution is -2.44. The molecule has 0 saturated carbocycles. The number of alkyl carbamates (subject to hydrolysis) is 1. The molecule has 21 heavy (non-hydrogen) atoms. The van der Waals surface area contributed by atoms with E-state index in [1.807, 2.05) is 45.2 Å². The zero-order valence-corrected chi connectivity index (χ0v) is 14.1. The summed E-state index contributed by atoms with van der Waals surface area (Å²) in [6, 6.07) is 3.70. The van der Waals surface area contributed by atoms with E-state index in [-0.39, 0.29) is 11.9 Å². The topological polar surface area (TPSA) is 58.6 Å². The number of thiophene rings is 1. The molecule has 1 N–H and O–H groups in total. The minimum absolute atomic E-state index is 0.0373. The Bertz CT molecular complexity index is 466. The summed E-state index contributed by atoms with van der Waals surface area (Å²) in [4.78, 5) is 26.4. The summed E-state index contributed by atoms with van der Waals surface area (Å²) in [6.45, 7) is 7.73. The lowest BCUT2D eigenvalue weighted by Gasteiger charge is -2.25. The molecule has 1 rings (SSSR count). The zero-order chi connectivity index (χ0) is 16.0. The van der Waals surface area contributed by atoms with Crippen LogP contribution in [0.3, 0.4) is 0 Å². The van der Waals surface area contributed by atoms with Gasteiger partial charge in [-0.1, -0.05) is 6.07 Å². The molecule has 1 heterocycles. The van der Waals surface area contributed by atoms with Gasteiger partial charge in [-0.3, -0.25) is 4.79 Å². The van der Waals surface area contributed by atoms with Gasteiger partial charge in [0.2, 0.25) is 5.91 Å². The Labute approximate surface area is 130 Å².